The molecule has 152 valence electrons. The first-order valence-electron chi connectivity index (χ1n) is 10.7. The highest BCUT2D eigenvalue weighted by Gasteiger charge is 2.65. The fraction of sp³-hybridized carbons (Fsp3) is 0.739. The van der Waals surface area contributed by atoms with Gasteiger partial charge in [-0.2, -0.15) is 0 Å². The van der Waals surface area contributed by atoms with Crippen LogP contribution in [-0.4, -0.2) is 40.8 Å². The van der Waals surface area contributed by atoms with Gasteiger partial charge in [0.25, 0.3) is 0 Å². The van der Waals surface area contributed by atoms with Gasteiger partial charge in [0.2, 0.25) is 0 Å². The van der Waals surface area contributed by atoms with Crippen LogP contribution in [0.2, 0.25) is 0 Å². The van der Waals surface area contributed by atoms with Gasteiger partial charge in [-0.3, -0.25) is 9.59 Å². The summed E-state index contributed by atoms with van der Waals surface area (Å²) in [5.74, 6) is 0.874. The van der Waals surface area contributed by atoms with E-state index in [0.717, 1.165) is 24.8 Å². The third kappa shape index (κ3) is 2.42. The van der Waals surface area contributed by atoms with Crippen LogP contribution in [0.15, 0.2) is 23.8 Å². The number of Topliss-reactive ketones (excluding diaryl/α,β-unsaturated/α-hetero) is 1. The van der Waals surface area contributed by atoms with Crippen molar-refractivity contribution in [1.82, 2.24) is 0 Å². The molecular weight excluding hydrogens is 356 g/mol. The summed E-state index contributed by atoms with van der Waals surface area (Å²) < 4.78 is 5.30. The molecule has 4 fully saturated rings. The summed E-state index contributed by atoms with van der Waals surface area (Å²) in [6.45, 7) is 4.33. The molecule has 5 heteroatoms. The molecule has 3 saturated carbocycles. The van der Waals surface area contributed by atoms with Crippen molar-refractivity contribution >= 4 is 11.6 Å². The fourth-order valence-electron chi connectivity index (χ4n) is 7.97. The van der Waals surface area contributed by atoms with Gasteiger partial charge >= 0.3 is 0 Å². The summed E-state index contributed by atoms with van der Waals surface area (Å²) in [5.41, 5.74) is 0.618. The average molecular weight is 386 g/mol. The Labute approximate surface area is 165 Å². The molecule has 0 amide bonds. The Morgan fingerprint density at radius 1 is 1.18 bits per heavy atom. The van der Waals surface area contributed by atoms with Gasteiger partial charge in [-0.15, -0.1) is 0 Å². The largest absolute Gasteiger partial charge is 0.393 e. The first kappa shape index (κ1) is 18.7. The molecule has 0 radical (unpaired) electrons. The second-order valence-corrected chi connectivity index (χ2v) is 10.2. The first-order valence-corrected chi connectivity index (χ1v) is 10.7. The molecule has 1 heterocycles. The molecule has 0 aromatic heterocycles. The SMILES string of the molecule is C[C@]12C=CC(=O)C=C1CCC1C2C(O)C[C@@]2(C)C1C[C@H]1CC(O)OCC(=O)[C@@H]12. The van der Waals surface area contributed by atoms with E-state index in [9.17, 15) is 19.8 Å². The zero-order chi connectivity index (χ0) is 19.8. The summed E-state index contributed by atoms with van der Waals surface area (Å²) in [6, 6.07) is 0. The smallest absolute Gasteiger partial charge is 0.178 e. The Morgan fingerprint density at radius 3 is 2.75 bits per heavy atom. The standard InChI is InChI=1S/C23H30O5/c1-22-6-5-14(24)9-13(22)3-4-15-16-7-12-8-19(27)28-11-18(26)20(12)23(16,2)10-17(25)21(15)22/h5-6,9,12,15-17,19-21,25,27H,3-4,7-8,10-11H2,1-2H3/t12-,15?,16?,17?,19?,20+,21?,22-,23-/m0/s1. The van der Waals surface area contributed by atoms with E-state index in [1.807, 2.05) is 6.08 Å². The van der Waals surface area contributed by atoms with Crippen molar-refractivity contribution in [3.8, 4) is 0 Å². The molecule has 2 N–H and O–H groups in total. The molecule has 5 rings (SSSR count). The summed E-state index contributed by atoms with van der Waals surface area (Å²) in [4.78, 5) is 24.8. The number of carbonyl (C=O) groups is 2. The van der Waals surface area contributed by atoms with Gasteiger partial charge in [-0.1, -0.05) is 25.5 Å². The van der Waals surface area contributed by atoms with Gasteiger partial charge < -0.3 is 14.9 Å². The molecule has 0 aromatic carbocycles. The number of allylic oxidation sites excluding steroid dienone is 4. The molecule has 0 aromatic rings. The van der Waals surface area contributed by atoms with Crippen molar-refractivity contribution < 1.29 is 24.5 Å². The second kappa shape index (κ2) is 6.10. The maximum Gasteiger partial charge on any atom is 0.178 e. The average Bonchev–Trinajstić information content (AvgIpc) is 2.82. The molecule has 5 unspecified atom stereocenters. The monoisotopic (exact) mass is 386 g/mol. The van der Waals surface area contributed by atoms with E-state index >= 15 is 0 Å². The number of aliphatic hydroxyl groups excluding tert-OH is 2. The van der Waals surface area contributed by atoms with Crippen LogP contribution in [0.3, 0.4) is 0 Å². The zero-order valence-corrected chi connectivity index (χ0v) is 16.6. The lowest BCUT2D eigenvalue weighted by Crippen LogP contribution is -2.56. The Bertz CT molecular complexity index is 784. The van der Waals surface area contributed by atoms with E-state index in [2.05, 4.69) is 13.8 Å². The Hall–Kier alpha value is -1.30. The molecule has 5 nitrogen and oxygen atoms in total. The van der Waals surface area contributed by atoms with Crippen LogP contribution in [0.5, 0.6) is 0 Å². The van der Waals surface area contributed by atoms with Crippen molar-refractivity contribution in [1.29, 1.82) is 0 Å². The van der Waals surface area contributed by atoms with Crippen LogP contribution in [0.1, 0.15) is 46.0 Å². The fourth-order valence-corrected chi connectivity index (χ4v) is 7.97. The molecule has 9 atom stereocenters. The van der Waals surface area contributed by atoms with Crippen LogP contribution in [0, 0.1) is 40.4 Å². The third-order valence-electron chi connectivity index (χ3n) is 8.94. The second-order valence-electron chi connectivity index (χ2n) is 10.2. The number of carbonyl (C=O) groups excluding carboxylic acids is 2. The van der Waals surface area contributed by atoms with E-state index in [0.29, 0.717) is 24.7 Å². The number of ether oxygens (including phenoxy) is 1. The number of hydrogen-bond acceptors (Lipinski definition) is 5. The highest BCUT2D eigenvalue weighted by atomic mass is 16.6. The molecule has 28 heavy (non-hydrogen) atoms. The molecule has 5 aliphatic rings. The Balaban J connectivity index is 1.54. The maximum absolute atomic E-state index is 12.9. The molecule has 0 spiro atoms. The van der Waals surface area contributed by atoms with Crippen LogP contribution >= 0.6 is 0 Å². The lowest BCUT2D eigenvalue weighted by atomic mass is 9.46. The molecule has 0 bridgehead atoms. The highest BCUT2D eigenvalue weighted by molar-refractivity contribution is 6.01. The predicted octanol–water partition coefficient (Wildman–Crippen LogP) is 2.42. The van der Waals surface area contributed by atoms with Crippen LogP contribution in [0.25, 0.3) is 0 Å². The number of ketones is 2. The van der Waals surface area contributed by atoms with Crippen LogP contribution < -0.4 is 0 Å². The Kier molecular flexibility index (Phi) is 4.08. The minimum atomic E-state index is -0.867. The van der Waals surface area contributed by atoms with Gasteiger partial charge in [0.05, 0.1) is 6.10 Å². The van der Waals surface area contributed by atoms with Gasteiger partial charge in [0, 0.05) is 23.7 Å². The van der Waals surface area contributed by atoms with Gasteiger partial charge in [-0.05, 0) is 61.0 Å². The van der Waals surface area contributed by atoms with E-state index in [1.165, 1.54) is 0 Å². The summed E-state index contributed by atoms with van der Waals surface area (Å²) >= 11 is 0. The Morgan fingerprint density at radius 2 is 1.96 bits per heavy atom. The van der Waals surface area contributed by atoms with Crippen molar-refractivity contribution in [3.63, 3.8) is 0 Å². The maximum atomic E-state index is 12.9. The van der Waals surface area contributed by atoms with Gasteiger partial charge in [0.1, 0.15) is 6.61 Å². The lowest BCUT2D eigenvalue weighted by Gasteiger charge is -2.58. The molecular formula is C23H30O5. The number of rotatable bonds is 0. The van der Waals surface area contributed by atoms with Gasteiger partial charge in [-0.25, -0.2) is 0 Å². The summed E-state index contributed by atoms with van der Waals surface area (Å²) in [7, 11) is 0. The number of fused-ring (bicyclic) bond motifs is 7. The molecule has 4 aliphatic carbocycles. The number of aliphatic hydroxyl groups is 2. The van der Waals surface area contributed by atoms with Crippen LogP contribution in [0.4, 0.5) is 0 Å². The topological polar surface area (TPSA) is 83.8 Å². The first-order chi connectivity index (χ1) is 13.2. The van der Waals surface area contributed by atoms with Gasteiger partial charge in [0.15, 0.2) is 17.9 Å². The van der Waals surface area contributed by atoms with E-state index in [4.69, 9.17) is 4.74 Å². The third-order valence-corrected chi connectivity index (χ3v) is 8.94. The minimum Gasteiger partial charge on any atom is -0.393 e. The van der Waals surface area contributed by atoms with E-state index in [1.54, 1.807) is 12.2 Å². The lowest BCUT2D eigenvalue weighted by molar-refractivity contribution is -0.148. The quantitative estimate of drug-likeness (QED) is 0.668. The minimum absolute atomic E-state index is 0.0235. The van der Waals surface area contributed by atoms with E-state index in [-0.39, 0.29) is 46.8 Å². The van der Waals surface area contributed by atoms with Crippen LogP contribution in [-0.2, 0) is 14.3 Å². The summed E-state index contributed by atoms with van der Waals surface area (Å²) in [5, 5.41) is 21.5. The number of hydrogen-bond donors (Lipinski definition) is 2. The van der Waals surface area contributed by atoms with Crippen molar-refractivity contribution in [2.75, 3.05) is 6.61 Å². The zero-order valence-electron chi connectivity index (χ0n) is 16.6. The molecule has 1 saturated heterocycles. The van der Waals surface area contributed by atoms with E-state index < -0.39 is 12.4 Å². The highest BCUT2D eigenvalue weighted by Crippen LogP contribution is 2.67. The summed E-state index contributed by atoms with van der Waals surface area (Å²) in [6.07, 6.45) is 7.93. The normalized spacial score (nSPS) is 52.9. The predicted molar refractivity (Wildman–Crippen MR) is 102 cm³/mol. The van der Waals surface area contributed by atoms with Crippen molar-refractivity contribution in [3.05, 3.63) is 23.8 Å². The van der Waals surface area contributed by atoms with Crippen molar-refractivity contribution in [2.45, 2.75) is 58.3 Å². The van der Waals surface area contributed by atoms with Crippen molar-refractivity contribution in [2.24, 2.45) is 40.4 Å². The molecule has 1 aliphatic heterocycles.